The van der Waals surface area contributed by atoms with Crippen LogP contribution < -0.4 is 10.2 Å². The van der Waals surface area contributed by atoms with Crippen molar-refractivity contribution >= 4 is 28.9 Å². The van der Waals surface area contributed by atoms with E-state index in [-0.39, 0.29) is 17.9 Å². The van der Waals surface area contributed by atoms with E-state index in [1.165, 1.54) is 18.4 Å². The Labute approximate surface area is 115 Å². The quantitative estimate of drug-likeness (QED) is 0.847. The van der Waals surface area contributed by atoms with Crippen LogP contribution in [0.25, 0.3) is 0 Å². The first-order valence-corrected chi connectivity index (χ1v) is 7.32. The van der Waals surface area contributed by atoms with E-state index in [9.17, 15) is 9.59 Å². The number of amides is 1. The van der Waals surface area contributed by atoms with Gasteiger partial charge in [-0.25, -0.2) is 4.79 Å². The van der Waals surface area contributed by atoms with Gasteiger partial charge in [0.2, 0.25) is 5.91 Å². The number of nitrogens with zero attached hydrogens (tertiary/aromatic N) is 1. The Morgan fingerprint density at radius 2 is 2.26 bits per heavy atom. The van der Waals surface area contributed by atoms with Gasteiger partial charge in [-0.05, 0) is 30.7 Å². The molecule has 2 aliphatic rings. The smallest absolute Gasteiger partial charge is 0.350 e. The zero-order chi connectivity index (χ0) is 13.4. The van der Waals surface area contributed by atoms with Crippen LogP contribution in [0.5, 0.6) is 0 Å². The molecular weight excluding hydrogens is 264 g/mol. The van der Waals surface area contributed by atoms with Crippen LogP contribution in [0.2, 0.25) is 0 Å². The molecule has 102 valence electrons. The number of ether oxygens (including phenoxy) is 1. The number of hydrogen-bond donors (Lipinski definition) is 1. The molecule has 0 spiro atoms. The number of nitrogens with one attached hydrogen (secondary N) is 1. The van der Waals surface area contributed by atoms with E-state index in [2.05, 4.69) is 5.32 Å². The number of anilines is 1. The summed E-state index contributed by atoms with van der Waals surface area (Å²) in [6, 6.07) is 2.23. The molecule has 1 N–H and O–H groups in total. The second-order valence-corrected chi connectivity index (χ2v) is 5.81. The highest BCUT2D eigenvalue weighted by Crippen LogP contribution is 2.31. The topological polar surface area (TPSA) is 58.6 Å². The van der Waals surface area contributed by atoms with Gasteiger partial charge in [0.05, 0.1) is 18.8 Å². The van der Waals surface area contributed by atoms with Gasteiger partial charge < -0.3 is 15.0 Å². The fourth-order valence-corrected chi connectivity index (χ4v) is 3.18. The molecule has 2 heterocycles. The summed E-state index contributed by atoms with van der Waals surface area (Å²) in [7, 11) is 1.36. The van der Waals surface area contributed by atoms with E-state index in [1.807, 2.05) is 11.4 Å². The van der Waals surface area contributed by atoms with Crippen LogP contribution in [0, 0.1) is 0 Å². The molecule has 1 atom stereocenters. The number of thiophene rings is 1. The van der Waals surface area contributed by atoms with Crippen molar-refractivity contribution in [1.82, 2.24) is 5.32 Å². The molecule has 1 aromatic rings. The molecule has 1 saturated carbocycles. The molecule has 3 rings (SSSR count). The Hall–Kier alpha value is -1.40. The zero-order valence-electron chi connectivity index (χ0n) is 10.7. The SMILES string of the molecule is COC(=O)c1sccc1N1CCC(NC2CC2)C1=O. The third-order valence-electron chi connectivity index (χ3n) is 3.53. The minimum Gasteiger partial charge on any atom is -0.465 e. The molecule has 2 fully saturated rings. The molecule has 1 aliphatic heterocycles. The van der Waals surface area contributed by atoms with Crippen molar-refractivity contribution < 1.29 is 14.3 Å². The van der Waals surface area contributed by atoms with Crippen LogP contribution in [-0.4, -0.2) is 37.6 Å². The predicted octanol–water partition coefficient (Wildman–Crippen LogP) is 1.39. The fraction of sp³-hybridized carbons (Fsp3) is 0.538. The third kappa shape index (κ3) is 2.37. The van der Waals surface area contributed by atoms with Gasteiger partial charge in [0.25, 0.3) is 0 Å². The summed E-state index contributed by atoms with van der Waals surface area (Å²) in [5.74, 6) is -0.313. The van der Waals surface area contributed by atoms with E-state index in [1.54, 1.807) is 4.90 Å². The Morgan fingerprint density at radius 1 is 1.47 bits per heavy atom. The summed E-state index contributed by atoms with van der Waals surface area (Å²) in [4.78, 5) is 26.2. The lowest BCUT2D eigenvalue weighted by Crippen LogP contribution is -2.39. The largest absolute Gasteiger partial charge is 0.465 e. The third-order valence-corrected chi connectivity index (χ3v) is 4.41. The summed E-state index contributed by atoms with van der Waals surface area (Å²) in [5, 5.41) is 5.17. The van der Waals surface area contributed by atoms with Crippen LogP contribution >= 0.6 is 11.3 Å². The number of methoxy groups -OCH3 is 1. The van der Waals surface area contributed by atoms with E-state index >= 15 is 0 Å². The first-order valence-electron chi connectivity index (χ1n) is 6.44. The van der Waals surface area contributed by atoms with Crippen molar-refractivity contribution in [3.8, 4) is 0 Å². The fourth-order valence-electron chi connectivity index (χ4n) is 2.37. The van der Waals surface area contributed by atoms with Crippen molar-refractivity contribution in [3.63, 3.8) is 0 Å². The van der Waals surface area contributed by atoms with Crippen LogP contribution in [0.1, 0.15) is 28.9 Å². The molecule has 1 saturated heterocycles. The lowest BCUT2D eigenvalue weighted by atomic mass is 10.2. The Balaban J connectivity index is 1.77. The average molecular weight is 280 g/mol. The maximum atomic E-state index is 12.3. The van der Waals surface area contributed by atoms with Gasteiger partial charge in [-0.15, -0.1) is 11.3 Å². The second-order valence-electron chi connectivity index (χ2n) is 4.90. The average Bonchev–Trinajstić information content (AvgIpc) is 2.97. The number of carbonyl (C=O) groups excluding carboxylic acids is 2. The monoisotopic (exact) mass is 280 g/mol. The van der Waals surface area contributed by atoms with Gasteiger partial charge in [0.1, 0.15) is 4.88 Å². The maximum Gasteiger partial charge on any atom is 0.350 e. The lowest BCUT2D eigenvalue weighted by molar-refractivity contribution is -0.118. The maximum absolute atomic E-state index is 12.3. The molecule has 0 aromatic carbocycles. The first kappa shape index (κ1) is 12.6. The van der Waals surface area contributed by atoms with Crippen molar-refractivity contribution in [2.24, 2.45) is 0 Å². The van der Waals surface area contributed by atoms with Crippen LogP contribution in [0.4, 0.5) is 5.69 Å². The highest BCUT2D eigenvalue weighted by molar-refractivity contribution is 7.12. The van der Waals surface area contributed by atoms with Crippen molar-refractivity contribution in [3.05, 3.63) is 16.3 Å². The van der Waals surface area contributed by atoms with Crippen molar-refractivity contribution in [2.45, 2.75) is 31.3 Å². The Morgan fingerprint density at radius 3 is 2.95 bits per heavy atom. The van der Waals surface area contributed by atoms with Gasteiger partial charge in [-0.2, -0.15) is 0 Å². The number of hydrogen-bond acceptors (Lipinski definition) is 5. The van der Waals surface area contributed by atoms with Crippen molar-refractivity contribution in [1.29, 1.82) is 0 Å². The summed E-state index contributed by atoms with van der Waals surface area (Å²) in [5.41, 5.74) is 0.682. The number of rotatable bonds is 4. The molecule has 0 radical (unpaired) electrons. The number of carbonyl (C=O) groups is 2. The van der Waals surface area contributed by atoms with Gasteiger partial charge in [-0.1, -0.05) is 0 Å². The van der Waals surface area contributed by atoms with Gasteiger partial charge in [-0.3, -0.25) is 4.79 Å². The molecule has 19 heavy (non-hydrogen) atoms. The highest BCUT2D eigenvalue weighted by Gasteiger charge is 2.37. The molecular formula is C13H16N2O3S. The lowest BCUT2D eigenvalue weighted by Gasteiger charge is -2.17. The minimum atomic E-state index is -0.378. The summed E-state index contributed by atoms with van der Waals surface area (Å²) in [6.45, 7) is 0.657. The van der Waals surface area contributed by atoms with Gasteiger partial charge in [0, 0.05) is 12.6 Å². The van der Waals surface area contributed by atoms with Gasteiger partial charge in [0.15, 0.2) is 0 Å². The van der Waals surface area contributed by atoms with Crippen LogP contribution in [-0.2, 0) is 9.53 Å². The molecule has 1 unspecified atom stereocenters. The van der Waals surface area contributed by atoms with E-state index in [0.29, 0.717) is 23.2 Å². The predicted molar refractivity (Wildman–Crippen MR) is 72.6 cm³/mol. The van der Waals surface area contributed by atoms with E-state index < -0.39 is 0 Å². The van der Waals surface area contributed by atoms with Crippen LogP contribution in [0.3, 0.4) is 0 Å². The molecule has 1 amide bonds. The Kier molecular flexibility index (Phi) is 3.28. The summed E-state index contributed by atoms with van der Waals surface area (Å²) >= 11 is 1.31. The summed E-state index contributed by atoms with van der Waals surface area (Å²) in [6.07, 6.45) is 3.12. The molecule has 5 nitrogen and oxygen atoms in total. The Bertz CT molecular complexity index is 510. The van der Waals surface area contributed by atoms with E-state index in [0.717, 1.165) is 19.3 Å². The number of esters is 1. The van der Waals surface area contributed by atoms with E-state index in [4.69, 9.17) is 4.74 Å². The molecule has 1 aromatic heterocycles. The van der Waals surface area contributed by atoms with Gasteiger partial charge >= 0.3 is 5.97 Å². The first-order chi connectivity index (χ1) is 9.20. The van der Waals surface area contributed by atoms with Crippen LogP contribution in [0.15, 0.2) is 11.4 Å². The molecule has 6 heteroatoms. The highest BCUT2D eigenvalue weighted by atomic mass is 32.1. The normalized spacial score (nSPS) is 22.9. The van der Waals surface area contributed by atoms with Crippen molar-refractivity contribution in [2.75, 3.05) is 18.6 Å². The standard InChI is InChI=1S/C13H16N2O3S/c1-18-13(17)11-10(5-7-19-11)15-6-4-9(12(15)16)14-8-2-3-8/h5,7-9,14H,2-4,6H2,1H3. The molecule has 0 bridgehead atoms. The molecule has 1 aliphatic carbocycles. The summed E-state index contributed by atoms with van der Waals surface area (Å²) < 4.78 is 4.75. The second kappa shape index (κ2) is 4.94. The zero-order valence-corrected chi connectivity index (χ0v) is 11.5. The minimum absolute atomic E-state index is 0.0652.